The van der Waals surface area contributed by atoms with Gasteiger partial charge in [0.1, 0.15) is 11.5 Å². The highest BCUT2D eigenvalue weighted by atomic mass is 19.1. The van der Waals surface area contributed by atoms with Gasteiger partial charge in [-0.1, -0.05) is 12.1 Å². The Morgan fingerprint density at radius 2 is 2.11 bits per heavy atom. The van der Waals surface area contributed by atoms with Gasteiger partial charge >= 0.3 is 0 Å². The van der Waals surface area contributed by atoms with Crippen LogP contribution in [0, 0.1) is 12.7 Å². The Bertz CT molecular complexity index is 935. The van der Waals surface area contributed by atoms with Crippen LogP contribution in [0.15, 0.2) is 48.8 Å². The molecule has 1 N–H and O–H groups in total. The molecule has 0 aliphatic carbocycles. The van der Waals surface area contributed by atoms with E-state index in [9.17, 15) is 9.18 Å². The number of aromatic nitrogens is 2. The average molecular weight is 368 g/mol. The summed E-state index contributed by atoms with van der Waals surface area (Å²) in [6, 6.07) is 10.4. The monoisotopic (exact) mass is 368 g/mol. The molecule has 0 spiro atoms. The summed E-state index contributed by atoms with van der Waals surface area (Å²) in [5.41, 5.74) is 3.57. The zero-order chi connectivity index (χ0) is 19.4. The standard InChI is InChI=1S/C21H25FN4O/c1-15-7-9-26-19(14-24-20(26)11-15)18(16-5-4-6-17(22)12-16)13-21(27)23-8-10-25(2)3/h4-7,9,11-12,14,18H,8,10,13H2,1-3H3,(H,23,27). The van der Waals surface area contributed by atoms with Crippen molar-refractivity contribution in [3.63, 3.8) is 0 Å². The van der Waals surface area contributed by atoms with Crippen LogP contribution >= 0.6 is 0 Å². The van der Waals surface area contributed by atoms with Crippen LogP contribution in [0.2, 0.25) is 0 Å². The van der Waals surface area contributed by atoms with Gasteiger partial charge in [0, 0.05) is 37.8 Å². The van der Waals surface area contributed by atoms with E-state index in [1.54, 1.807) is 12.3 Å². The molecule has 2 aromatic heterocycles. The van der Waals surface area contributed by atoms with Crippen LogP contribution in [0.1, 0.15) is 29.2 Å². The first-order valence-electron chi connectivity index (χ1n) is 9.04. The number of likely N-dealkylation sites (N-methyl/N-ethyl adjacent to an activating group) is 1. The van der Waals surface area contributed by atoms with Crippen LogP contribution < -0.4 is 5.32 Å². The molecule has 2 heterocycles. The zero-order valence-electron chi connectivity index (χ0n) is 15.9. The van der Waals surface area contributed by atoms with Gasteiger partial charge in [0.15, 0.2) is 0 Å². The molecule has 0 bridgehead atoms. The van der Waals surface area contributed by atoms with Crippen molar-refractivity contribution in [3.05, 3.63) is 71.4 Å². The van der Waals surface area contributed by atoms with E-state index in [0.717, 1.165) is 29.0 Å². The summed E-state index contributed by atoms with van der Waals surface area (Å²) in [6.45, 7) is 3.36. The molecule has 0 fully saturated rings. The van der Waals surface area contributed by atoms with E-state index in [1.165, 1.54) is 12.1 Å². The van der Waals surface area contributed by atoms with Gasteiger partial charge in [-0.3, -0.25) is 4.79 Å². The molecule has 3 aromatic rings. The van der Waals surface area contributed by atoms with Gasteiger partial charge in [-0.05, 0) is 56.4 Å². The molecule has 1 atom stereocenters. The Balaban J connectivity index is 1.91. The van der Waals surface area contributed by atoms with Gasteiger partial charge < -0.3 is 14.6 Å². The smallest absolute Gasteiger partial charge is 0.221 e. The van der Waals surface area contributed by atoms with Crippen molar-refractivity contribution in [2.24, 2.45) is 0 Å². The quantitative estimate of drug-likeness (QED) is 0.698. The van der Waals surface area contributed by atoms with Crippen molar-refractivity contribution in [1.82, 2.24) is 19.6 Å². The molecule has 3 rings (SSSR count). The lowest BCUT2D eigenvalue weighted by atomic mass is 9.92. The maximum absolute atomic E-state index is 13.8. The number of pyridine rings is 1. The molecule has 1 aromatic carbocycles. The Labute approximate surface area is 158 Å². The summed E-state index contributed by atoms with van der Waals surface area (Å²) in [5, 5.41) is 2.94. The van der Waals surface area contributed by atoms with Crippen molar-refractivity contribution in [1.29, 1.82) is 0 Å². The summed E-state index contributed by atoms with van der Waals surface area (Å²) in [6.07, 6.45) is 3.96. The maximum Gasteiger partial charge on any atom is 0.221 e. The summed E-state index contributed by atoms with van der Waals surface area (Å²) in [7, 11) is 3.92. The number of rotatable bonds is 7. The molecule has 5 nitrogen and oxygen atoms in total. The third-order valence-corrected chi connectivity index (χ3v) is 4.58. The second-order valence-corrected chi connectivity index (χ2v) is 7.08. The number of benzene rings is 1. The molecular formula is C21H25FN4O. The molecule has 0 radical (unpaired) electrons. The van der Waals surface area contributed by atoms with Crippen molar-refractivity contribution in [3.8, 4) is 0 Å². The molecule has 0 aliphatic heterocycles. The summed E-state index contributed by atoms with van der Waals surface area (Å²) in [4.78, 5) is 19.0. The third-order valence-electron chi connectivity index (χ3n) is 4.58. The van der Waals surface area contributed by atoms with Gasteiger partial charge in [0.2, 0.25) is 5.91 Å². The van der Waals surface area contributed by atoms with E-state index >= 15 is 0 Å². The van der Waals surface area contributed by atoms with Gasteiger partial charge in [-0.15, -0.1) is 0 Å². The fraction of sp³-hybridized carbons (Fsp3) is 0.333. The van der Waals surface area contributed by atoms with Gasteiger partial charge in [-0.2, -0.15) is 0 Å². The molecule has 0 saturated carbocycles. The van der Waals surface area contributed by atoms with Gasteiger partial charge in [-0.25, -0.2) is 9.37 Å². The number of nitrogens with one attached hydrogen (secondary N) is 1. The Morgan fingerprint density at radius 3 is 2.85 bits per heavy atom. The molecule has 6 heteroatoms. The lowest BCUT2D eigenvalue weighted by Gasteiger charge is -2.18. The van der Waals surface area contributed by atoms with E-state index in [2.05, 4.69) is 10.3 Å². The number of carbonyl (C=O) groups is 1. The molecular weight excluding hydrogens is 343 g/mol. The Hall–Kier alpha value is -2.73. The first kappa shape index (κ1) is 19.0. The van der Waals surface area contributed by atoms with Gasteiger partial charge in [0.25, 0.3) is 0 Å². The normalized spacial score (nSPS) is 12.5. The van der Waals surface area contributed by atoms with Crippen LogP contribution in [0.3, 0.4) is 0 Å². The van der Waals surface area contributed by atoms with Crippen LogP contribution in [0.25, 0.3) is 5.65 Å². The molecule has 27 heavy (non-hydrogen) atoms. The molecule has 0 aliphatic rings. The minimum atomic E-state index is -0.310. The van der Waals surface area contributed by atoms with E-state index in [0.29, 0.717) is 6.54 Å². The second kappa shape index (κ2) is 8.31. The minimum Gasteiger partial charge on any atom is -0.355 e. The summed E-state index contributed by atoms with van der Waals surface area (Å²) < 4.78 is 15.8. The summed E-state index contributed by atoms with van der Waals surface area (Å²) >= 11 is 0. The highest BCUT2D eigenvalue weighted by Crippen LogP contribution is 2.29. The molecule has 1 unspecified atom stereocenters. The highest BCUT2D eigenvalue weighted by Gasteiger charge is 2.22. The molecule has 1 amide bonds. The third kappa shape index (κ3) is 4.71. The number of hydrogen-bond acceptors (Lipinski definition) is 3. The number of halogens is 1. The number of aryl methyl sites for hydroxylation is 1. The van der Waals surface area contributed by atoms with E-state index in [4.69, 9.17) is 0 Å². The van der Waals surface area contributed by atoms with E-state index < -0.39 is 0 Å². The van der Waals surface area contributed by atoms with E-state index in [-0.39, 0.29) is 24.1 Å². The average Bonchev–Trinajstić information content (AvgIpc) is 3.02. The van der Waals surface area contributed by atoms with Crippen LogP contribution in [0.4, 0.5) is 4.39 Å². The second-order valence-electron chi connectivity index (χ2n) is 7.08. The van der Waals surface area contributed by atoms with Gasteiger partial charge in [0.05, 0.1) is 5.69 Å². The fourth-order valence-corrected chi connectivity index (χ4v) is 3.15. The SMILES string of the molecule is Cc1ccn2c(C(CC(=O)NCCN(C)C)c3cccc(F)c3)cnc2c1. The predicted octanol–water partition coefficient (Wildman–Crippen LogP) is 2.98. The number of fused-ring (bicyclic) bond motifs is 1. The summed E-state index contributed by atoms with van der Waals surface area (Å²) in [5.74, 6) is -0.652. The zero-order valence-corrected chi connectivity index (χ0v) is 15.9. The number of nitrogens with zero attached hydrogens (tertiary/aromatic N) is 3. The number of carbonyl (C=O) groups excluding carboxylic acids is 1. The molecule has 0 saturated heterocycles. The van der Waals surface area contributed by atoms with Crippen molar-refractivity contribution < 1.29 is 9.18 Å². The van der Waals surface area contributed by atoms with Crippen LogP contribution in [-0.4, -0.2) is 47.4 Å². The van der Waals surface area contributed by atoms with E-state index in [1.807, 2.05) is 54.7 Å². The molecule has 142 valence electrons. The minimum absolute atomic E-state index is 0.0619. The van der Waals surface area contributed by atoms with Crippen molar-refractivity contribution in [2.75, 3.05) is 27.2 Å². The number of amides is 1. The largest absolute Gasteiger partial charge is 0.355 e. The maximum atomic E-state index is 13.8. The topological polar surface area (TPSA) is 49.6 Å². The number of imidazole rings is 1. The van der Waals surface area contributed by atoms with Crippen LogP contribution in [-0.2, 0) is 4.79 Å². The first-order valence-corrected chi connectivity index (χ1v) is 9.04. The predicted molar refractivity (Wildman–Crippen MR) is 104 cm³/mol. The fourth-order valence-electron chi connectivity index (χ4n) is 3.15. The highest BCUT2D eigenvalue weighted by molar-refractivity contribution is 5.77. The Kier molecular flexibility index (Phi) is 5.86. The Morgan fingerprint density at radius 1 is 1.30 bits per heavy atom. The van der Waals surface area contributed by atoms with Crippen molar-refractivity contribution in [2.45, 2.75) is 19.3 Å². The van der Waals surface area contributed by atoms with Crippen LogP contribution in [0.5, 0.6) is 0 Å². The first-order chi connectivity index (χ1) is 12.9. The lowest BCUT2D eigenvalue weighted by Crippen LogP contribution is -2.32. The van der Waals surface area contributed by atoms with Crippen molar-refractivity contribution >= 4 is 11.6 Å². The number of hydrogen-bond donors (Lipinski definition) is 1. The lowest BCUT2D eigenvalue weighted by molar-refractivity contribution is -0.121.